The van der Waals surface area contributed by atoms with Crippen molar-refractivity contribution in [2.24, 2.45) is 0 Å². The molecule has 2 aromatic carbocycles. The van der Waals surface area contributed by atoms with E-state index in [0.29, 0.717) is 5.92 Å². The Morgan fingerprint density at radius 1 is 1.04 bits per heavy atom. The van der Waals surface area contributed by atoms with Gasteiger partial charge in [-0.05, 0) is 23.6 Å². The molecule has 3 aromatic rings. The van der Waals surface area contributed by atoms with Crippen LogP contribution >= 0.6 is 0 Å². The predicted octanol–water partition coefficient (Wildman–Crippen LogP) is 6.16. The lowest BCUT2D eigenvalue weighted by Crippen LogP contribution is -2.13. The van der Waals surface area contributed by atoms with Gasteiger partial charge in [0.25, 0.3) is 0 Å². The second-order valence-electron chi connectivity index (χ2n) is 7.69. The van der Waals surface area contributed by atoms with Crippen LogP contribution in [-0.2, 0) is 0 Å². The molecule has 27 heavy (non-hydrogen) atoms. The van der Waals surface area contributed by atoms with Gasteiger partial charge in [-0.25, -0.2) is 0 Å². The number of allylic oxidation sites excluding steroid dienone is 2. The van der Waals surface area contributed by atoms with Gasteiger partial charge in [0.05, 0.1) is 5.56 Å². The highest BCUT2D eigenvalue weighted by Crippen LogP contribution is 2.44. The summed E-state index contributed by atoms with van der Waals surface area (Å²) in [5.74, 6) is 1.57. The molecule has 1 unspecified atom stereocenters. The molecule has 1 aromatic heterocycles. The molecule has 0 N–H and O–H groups in total. The Hall–Kier alpha value is -3.13. The van der Waals surface area contributed by atoms with Crippen LogP contribution in [0.1, 0.15) is 53.3 Å². The summed E-state index contributed by atoms with van der Waals surface area (Å²) in [6, 6.07) is 15.2. The maximum atomic E-state index is 6.50. The third kappa shape index (κ3) is 2.10. The lowest BCUT2D eigenvalue weighted by molar-refractivity contribution is -0.484. The van der Waals surface area contributed by atoms with Crippen LogP contribution in [0, 0.1) is 0 Å². The second-order valence-corrected chi connectivity index (χ2v) is 7.69. The van der Waals surface area contributed by atoms with Crippen LogP contribution in [0.15, 0.2) is 65.2 Å². The lowest BCUT2D eigenvalue weighted by Gasteiger charge is -2.14. The van der Waals surface area contributed by atoms with Crippen molar-refractivity contribution < 1.29 is 8.99 Å². The first kappa shape index (κ1) is 15.0. The number of hydrogen-bond donors (Lipinski definition) is 0. The minimum atomic E-state index is 0.191. The van der Waals surface area contributed by atoms with Crippen LogP contribution in [0.3, 0.4) is 0 Å². The zero-order chi connectivity index (χ0) is 18.0. The normalized spacial score (nSPS) is 22.3. The number of nitrogens with zero attached hydrogens (tertiary/aromatic N) is 1. The predicted molar refractivity (Wildman–Crippen MR) is 111 cm³/mol. The van der Waals surface area contributed by atoms with E-state index in [0.717, 1.165) is 17.8 Å². The highest BCUT2D eigenvalue weighted by molar-refractivity contribution is 6.09. The van der Waals surface area contributed by atoms with Crippen LogP contribution in [0.5, 0.6) is 0 Å². The average Bonchev–Trinajstić information content (AvgIpc) is 3.31. The molecule has 0 fully saturated rings. The third-order valence-electron chi connectivity index (χ3n) is 6.00. The van der Waals surface area contributed by atoms with Gasteiger partial charge in [-0.1, -0.05) is 55.5 Å². The highest BCUT2D eigenvalue weighted by Gasteiger charge is 2.35. The Morgan fingerprint density at radius 3 is 2.81 bits per heavy atom. The van der Waals surface area contributed by atoms with Crippen molar-refractivity contribution in [2.45, 2.75) is 25.3 Å². The molecule has 130 valence electrons. The largest absolute Gasteiger partial charge is 0.460 e. The third-order valence-corrected chi connectivity index (χ3v) is 6.00. The van der Waals surface area contributed by atoms with Crippen LogP contribution in [-0.4, -0.2) is 10.8 Å². The van der Waals surface area contributed by atoms with Crippen molar-refractivity contribution in [2.75, 3.05) is 0 Å². The Balaban J connectivity index is 1.58. The topological polar surface area (TPSA) is 16.1 Å². The first-order valence-electron chi connectivity index (χ1n) is 9.63. The SMILES string of the molecule is CC1CC=Cc2c1oc1c3c(ccc21)C=C[N+]1=CC(c2ccccc2)=C[C@H]31. The van der Waals surface area contributed by atoms with Gasteiger partial charge in [0.2, 0.25) is 6.04 Å². The zero-order valence-corrected chi connectivity index (χ0v) is 15.2. The van der Waals surface area contributed by atoms with E-state index < -0.39 is 0 Å². The lowest BCUT2D eigenvalue weighted by atomic mass is 9.91. The number of fused-ring (bicyclic) bond motifs is 7. The first-order valence-corrected chi connectivity index (χ1v) is 9.63. The van der Waals surface area contributed by atoms with Crippen molar-refractivity contribution in [3.8, 4) is 0 Å². The fourth-order valence-electron chi connectivity index (χ4n) is 4.60. The molecular formula is C25H20NO+. The summed E-state index contributed by atoms with van der Waals surface area (Å²) in [7, 11) is 0. The summed E-state index contributed by atoms with van der Waals surface area (Å²) < 4.78 is 8.79. The zero-order valence-electron chi connectivity index (χ0n) is 15.2. The van der Waals surface area contributed by atoms with Crippen LogP contribution in [0.25, 0.3) is 28.7 Å². The Kier molecular flexibility index (Phi) is 3.01. The summed E-state index contributed by atoms with van der Waals surface area (Å²) >= 11 is 0. The molecule has 0 saturated heterocycles. The van der Waals surface area contributed by atoms with Gasteiger partial charge in [-0.3, -0.25) is 0 Å². The molecule has 2 nitrogen and oxygen atoms in total. The van der Waals surface area contributed by atoms with Gasteiger partial charge in [-0.15, -0.1) is 0 Å². The number of furan rings is 1. The van der Waals surface area contributed by atoms with E-state index in [1.165, 1.54) is 33.2 Å². The van der Waals surface area contributed by atoms with Gasteiger partial charge in [0, 0.05) is 34.6 Å². The second kappa shape index (κ2) is 5.43. The van der Waals surface area contributed by atoms with E-state index in [9.17, 15) is 0 Å². The molecule has 1 aliphatic carbocycles. The molecule has 0 saturated carbocycles. The highest BCUT2D eigenvalue weighted by atomic mass is 16.3. The molecule has 0 amide bonds. The molecule has 6 rings (SSSR count). The van der Waals surface area contributed by atoms with E-state index >= 15 is 0 Å². The first-order chi connectivity index (χ1) is 13.3. The summed E-state index contributed by atoms with van der Waals surface area (Å²) in [5, 5.41) is 1.24. The smallest absolute Gasteiger partial charge is 0.207 e. The molecule has 3 heterocycles. The molecule has 0 spiro atoms. The van der Waals surface area contributed by atoms with E-state index in [2.05, 4.69) is 90.7 Å². The minimum Gasteiger partial charge on any atom is -0.460 e. The standard InChI is InChI=1S/C25H20NO/c1-16-6-5-9-20-21-11-10-18-12-13-26-15-19(17-7-3-2-4-8-17)14-22(26)23(18)25(21)27-24(16)20/h2-5,7-16,22H,6H2,1H3/q+1/t16?,22-/m1/s1. The maximum Gasteiger partial charge on any atom is 0.207 e. The Bertz CT molecular complexity index is 1200. The van der Waals surface area contributed by atoms with Gasteiger partial charge in [0.1, 0.15) is 11.3 Å². The quantitative estimate of drug-likeness (QED) is 0.480. The molecule has 0 radical (unpaired) electrons. The van der Waals surface area contributed by atoms with E-state index in [-0.39, 0.29) is 6.04 Å². The Labute approximate surface area is 158 Å². The van der Waals surface area contributed by atoms with Crippen molar-refractivity contribution in [3.63, 3.8) is 0 Å². The fourth-order valence-corrected chi connectivity index (χ4v) is 4.60. The summed E-state index contributed by atoms with van der Waals surface area (Å²) in [6.07, 6.45) is 14.5. The van der Waals surface area contributed by atoms with Gasteiger partial charge in [0.15, 0.2) is 12.4 Å². The van der Waals surface area contributed by atoms with E-state index in [1.54, 1.807) is 0 Å². The molecule has 2 aliphatic heterocycles. The summed E-state index contributed by atoms with van der Waals surface area (Å²) in [4.78, 5) is 0. The van der Waals surface area contributed by atoms with Crippen LogP contribution in [0.4, 0.5) is 0 Å². The van der Waals surface area contributed by atoms with Crippen molar-refractivity contribution >= 4 is 34.9 Å². The summed E-state index contributed by atoms with van der Waals surface area (Å²) in [5.41, 5.74) is 7.37. The summed E-state index contributed by atoms with van der Waals surface area (Å²) in [6.45, 7) is 2.25. The van der Waals surface area contributed by atoms with Crippen molar-refractivity contribution in [1.82, 2.24) is 0 Å². The number of rotatable bonds is 1. The van der Waals surface area contributed by atoms with Crippen LogP contribution < -0.4 is 0 Å². The molecule has 0 bridgehead atoms. The van der Waals surface area contributed by atoms with Gasteiger partial charge >= 0.3 is 0 Å². The van der Waals surface area contributed by atoms with Crippen LogP contribution in [0.2, 0.25) is 0 Å². The Morgan fingerprint density at radius 2 is 1.93 bits per heavy atom. The number of hydrogen-bond acceptors (Lipinski definition) is 1. The monoisotopic (exact) mass is 350 g/mol. The maximum absolute atomic E-state index is 6.50. The average molecular weight is 350 g/mol. The van der Waals surface area contributed by atoms with E-state index in [1.807, 2.05) is 0 Å². The molecule has 2 atom stereocenters. The molecular weight excluding hydrogens is 330 g/mol. The minimum absolute atomic E-state index is 0.191. The van der Waals surface area contributed by atoms with Crippen molar-refractivity contribution in [1.29, 1.82) is 0 Å². The number of benzene rings is 2. The van der Waals surface area contributed by atoms with Crippen molar-refractivity contribution in [3.05, 3.63) is 88.8 Å². The van der Waals surface area contributed by atoms with Gasteiger partial charge < -0.3 is 4.42 Å². The van der Waals surface area contributed by atoms with E-state index in [4.69, 9.17) is 4.42 Å². The fraction of sp³-hybridized carbons (Fsp3) is 0.160. The molecule has 2 heteroatoms. The van der Waals surface area contributed by atoms with Gasteiger partial charge in [-0.2, -0.15) is 4.58 Å². The molecule has 3 aliphatic rings.